The SMILES string of the molecule is CCCNC(CCN1CCCC(O)C1)c1ccc(F)cn1. The van der Waals surface area contributed by atoms with Crippen molar-refractivity contribution in [2.45, 2.75) is 44.8 Å². The predicted molar refractivity (Wildman–Crippen MR) is 81.5 cm³/mol. The molecule has 0 amide bonds. The molecule has 0 aromatic carbocycles. The van der Waals surface area contributed by atoms with Crippen LogP contribution in [0.4, 0.5) is 4.39 Å². The molecule has 1 aromatic heterocycles. The van der Waals surface area contributed by atoms with Crippen molar-refractivity contribution in [1.29, 1.82) is 0 Å². The Morgan fingerprint density at radius 2 is 2.38 bits per heavy atom. The number of hydrogen-bond donors (Lipinski definition) is 2. The zero-order valence-corrected chi connectivity index (χ0v) is 12.8. The minimum absolute atomic E-state index is 0.143. The van der Waals surface area contributed by atoms with Gasteiger partial charge in [-0.25, -0.2) is 4.39 Å². The van der Waals surface area contributed by atoms with Gasteiger partial charge in [0.05, 0.1) is 24.0 Å². The molecule has 1 aliphatic heterocycles. The lowest BCUT2D eigenvalue weighted by Crippen LogP contribution is -2.40. The van der Waals surface area contributed by atoms with E-state index in [4.69, 9.17) is 0 Å². The van der Waals surface area contributed by atoms with Crippen molar-refractivity contribution in [2.75, 3.05) is 26.2 Å². The van der Waals surface area contributed by atoms with E-state index in [9.17, 15) is 9.50 Å². The van der Waals surface area contributed by atoms with Crippen LogP contribution in [0.5, 0.6) is 0 Å². The number of aromatic nitrogens is 1. The van der Waals surface area contributed by atoms with Crippen molar-refractivity contribution < 1.29 is 9.50 Å². The first-order valence-electron chi connectivity index (χ1n) is 7.94. The molecule has 1 aliphatic rings. The highest BCUT2D eigenvalue weighted by Crippen LogP contribution is 2.17. The van der Waals surface area contributed by atoms with Crippen LogP contribution in [0.25, 0.3) is 0 Å². The molecule has 4 nitrogen and oxygen atoms in total. The number of halogens is 1. The van der Waals surface area contributed by atoms with Gasteiger partial charge in [-0.15, -0.1) is 0 Å². The Labute approximate surface area is 126 Å². The average Bonchev–Trinajstić information content (AvgIpc) is 2.49. The minimum Gasteiger partial charge on any atom is -0.392 e. The molecular weight excluding hydrogens is 269 g/mol. The van der Waals surface area contributed by atoms with Crippen LogP contribution < -0.4 is 5.32 Å². The summed E-state index contributed by atoms with van der Waals surface area (Å²) in [5.74, 6) is -0.299. The number of nitrogens with one attached hydrogen (secondary N) is 1. The van der Waals surface area contributed by atoms with Crippen molar-refractivity contribution in [3.05, 3.63) is 29.8 Å². The topological polar surface area (TPSA) is 48.4 Å². The van der Waals surface area contributed by atoms with E-state index in [1.807, 2.05) is 0 Å². The van der Waals surface area contributed by atoms with Crippen LogP contribution in [0, 0.1) is 5.82 Å². The van der Waals surface area contributed by atoms with Gasteiger partial charge < -0.3 is 15.3 Å². The maximum atomic E-state index is 13.0. The Bertz CT molecular complexity index is 412. The molecule has 5 heteroatoms. The third kappa shape index (κ3) is 5.34. The zero-order chi connectivity index (χ0) is 15.1. The second kappa shape index (κ2) is 8.41. The van der Waals surface area contributed by atoms with Crippen molar-refractivity contribution >= 4 is 0 Å². The highest BCUT2D eigenvalue weighted by molar-refractivity contribution is 5.10. The lowest BCUT2D eigenvalue weighted by molar-refractivity contribution is 0.0684. The Morgan fingerprint density at radius 3 is 3.05 bits per heavy atom. The van der Waals surface area contributed by atoms with Crippen LogP contribution in [0.15, 0.2) is 18.3 Å². The van der Waals surface area contributed by atoms with Crippen LogP contribution in [0.1, 0.15) is 44.3 Å². The number of rotatable bonds is 7. The fourth-order valence-electron chi connectivity index (χ4n) is 2.81. The van der Waals surface area contributed by atoms with Crippen molar-refractivity contribution in [3.63, 3.8) is 0 Å². The van der Waals surface area contributed by atoms with Crippen LogP contribution >= 0.6 is 0 Å². The van der Waals surface area contributed by atoms with Gasteiger partial charge in [-0.2, -0.15) is 0 Å². The molecule has 0 saturated carbocycles. The molecule has 0 spiro atoms. The summed E-state index contributed by atoms with van der Waals surface area (Å²) in [5.41, 5.74) is 0.891. The van der Waals surface area contributed by atoms with Gasteiger partial charge in [0.2, 0.25) is 0 Å². The fraction of sp³-hybridized carbons (Fsp3) is 0.688. The van der Waals surface area contributed by atoms with Gasteiger partial charge in [0.25, 0.3) is 0 Å². The van der Waals surface area contributed by atoms with Crippen molar-refractivity contribution in [1.82, 2.24) is 15.2 Å². The Balaban J connectivity index is 1.91. The van der Waals surface area contributed by atoms with Gasteiger partial charge in [-0.05, 0) is 50.9 Å². The third-order valence-electron chi connectivity index (χ3n) is 3.96. The van der Waals surface area contributed by atoms with Crippen LogP contribution in [-0.2, 0) is 0 Å². The van der Waals surface area contributed by atoms with E-state index < -0.39 is 0 Å². The summed E-state index contributed by atoms with van der Waals surface area (Å²) in [6.45, 7) is 5.79. The van der Waals surface area contributed by atoms with Crippen LogP contribution in [0.3, 0.4) is 0 Å². The molecular formula is C16H26FN3O. The minimum atomic E-state index is -0.299. The van der Waals surface area contributed by atoms with Crippen LogP contribution in [-0.4, -0.2) is 47.3 Å². The monoisotopic (exact) mass is 295 g/mol. The number of aliphatic hydroxyl groups is 1. The summed E-state index contributed by atoms with van der Waals surface area (Å²) < 4.78 is 13.0. The van der Waals surface area contributed by atoms with Gasteiger partial charge >= 0.3 is 0 Å². The van der Waals surface area contributed by atoms with Gasteiger partial charge in [-0.1, -0.05) is 6.92 Å². The van der Waals surface area contributed by atoms with E-state index in [2.05, 4.69) is 22.1 Å². The number of hydrogen-bond acceptors (Lipinski definition) is 4. The molecule has 21 heavy (non-hydrogen) atoms. The number of nitrogens with zero attached hydrogens (tertiary/aromatic N) is 2. The molecule has 1 aromatic rings. The molecule has 0 aliphatic carbocycles. The van der Waals surface area contributed by atoms with E-state index in [0.717, 1.165) is 57.6 Å². The van der Waals surface area contributed by atoms with E-state index in [1.165, 1.54) is 12.3 Å². The van der Waals surface area contributed by atoms with Gasteiger partial charge in [0.1, 0.15) is 5.82 Å². The molecule has 2 heterocycles. The Hall–Kier alpha value is -1.04. The smallest absolute Gasteiger partial charge is 0.141 e. The summed E-state index contributed by atoms with van der Waals surface area (Å²) in [6, 6.07) is 3.37. The molecule has 1 saturated heterocycles. The van der Waals surface area contributed by atoms with E-state index >= 15 is 0 Å². The molecule has 2 unspecified atom stereocenters. The van der Waals surface area contributed by atoms with Crippen LogP contribution in [0.2, 0.25) is 0 Å². The zero-order valence-electron chi connectivity index (χ0n) is 12.8. The third-order valence-corrected chi connectivity index (χ3v) is 3.96. The second-order valence-corrected chi connectivity index (χ2v) is 5.79. The summed E-state index contributed by atoms with van der Waals surface area (Å²) in [5, 5.41) is 13.2. The summed E-state index contributed by atoms with van der Waals surface area (Å²) in [6.07, 6.45) is 5.03. The van der Waals surface area contributed by atoms with Crippen molar-refractivity contribution in [3.8, 4) is 0 Å². The second-order valence-electron chi connectivity index (χ2n) is 5.79. The maximum absolute atomic E-state index is 13.0. The largest absolute Gasteiger partial charge is 0.392 e. The molecule has 0 radical (unpaired) electrons. The summed E-state index contributed by atoms with van der Waals surface area (Å²) in [7, 11) is 0. The molecule has 1 fully saturated rings. The van der Waals surface area contributed by atoms with E-state index in [0.29, 0.717) is 0 Å². The molecule has 118 valence electrons. The van der Waals surface area contributed by atoms with Crippen molar-refractivity contribution in [2.24, 2.45) is 0 Å². The molecule has 2 atom stereocenters. The average molecular weight is 295 g/mol. The van der Waals surface area contributed by atoms with E-state index in [1.54, 1.807) is 6.07 Å². The molecule has 0 bridgehead atoms. The summed E-state index contributed by atoms with van der Waals surface area (Å²) >= 11 is 0. The molecule has 2 rings (SSSR count). The Kier molecular flexibility index (Phi) is 6.54. The first-order chi connectivity index (χ1) is 10.2. The normalized spacial score (nSPS) is 21.4. The first-order valence-corrected chi connectivity index (χ1v) is 7.94. The van der Waals surface area contributed by atoms with E-state index in [-0.39, 0.29) is 18.0 Å². The number of β-amino-alcohol motifs (C(OH)–C–C–N with tert-alkyl or cyclic N) is 1. The van der Waals surface area contributed by atoms with Gasteiger partial charge in [0.15, 0.2) is 0 Å². The quantitative estimate of drug-likeness (QED) is 0.809. The lowest BCUT2D eigenvalue weighted by Gasteiger charge is -2.31. The number of likely N-dealkylation sites (tertiary alicyclic amines) is 1. The first kappa shape index (κ1) is 16.3. The molecule has 2 N–H and O–H groups in total. The standard InChI is InChI=1S/C16H26FN3O/c1-2-8-18-16(15-6-5-13(17)11-19-15)7-10-20-9-3-4-14(21)12-20/h5-6,11,14,16,18,21H,2-4,7-10,12H2,1H3. The number of aliphatic hydroxyl groups excluding tert-OH is 1. The highest BCUT2D eigenvalue weighted by Gasteiger charge is 2.19. The predicted octanol–water partition coefficient (Wildman–Crippen LogP) is 2.11. The lowest BCUT2D eigenvalue weighted by atomic mass is 10.1. The maximum Gasteiger partial charge on any atom is 0.141 e. The number of pyridine rings is 1. The fourth-order valence-corrected chi connectivity index (χ4v) is 2.81. The Morgan fingerprint density at radius 1 is 1.52 bits per heavy atom. The summed E-state index contributed by atoms with van der Waals surface area (Å²) in [4.78, 5) is 6.51. The highest BCUT2D eigenvalue weighted by atomic mass is 19.1. The van der Waals surface area contributed by atoms with Gasteiger partial charge in [0, 0.05) is 13.1 Å². The number of piperidine rings is 1. The van der Waals surface area contributed by atoms with Gasteiger partial charge in [-0.3, -0.25) is 4.98 Å².